The molecule has 1 amide bonds. The molecule has 1 fully saturated rings. The van der Waals surface area contributed by atoms with Gasteiger partial charge in [-0.25, -0.2) is 9.97 Å². The van der Waals surface area contributed by atoms with Crippen LogP contribution in [0.15, 0.2) is 54.7 Å². The number of hydrogen-bond donors (Lipinski definition) is 1. The lowest BCUT2D eigenvalue weighted by Crippen LogP contribution is -2.33. The fraction of sp³-hybridized carbons (Fsp3) is 0.346. The number of likely N-dealkylation sites (tertiary alicyclic amines) is 1. The molecule has 7 heteroatoms. The van der Waals surface area contributed by atoms with E-state index in [0.717, 1.165) is 61.1 Å². The van der Waals surface area contributed by atoms with Crippen LogP contribution in [0.3, 0.4) is 0 Å². The monoisotopic (exact) mass is 446 g/mol. The Bertz CT molecular complexity index is 1100. The minimum atomic E-state index is -0.187. The van der Waals surface area contributed by atoms with Crippen LogP contribution in [0.1, 0.15) is 46.2 Å². The van der Waals surface area contributed by atoms with Crippen molar-refractivity contribution < 1.29 is 14.3 Å². The molecule has 0 bridgehead atoms. The van der Waals surface area contributed by atoms with Crippen molar-refractivity contribution in [3.05, 3.63) is 77.4 Å². The highest BCUT2D eigenvalue weighted by Gasteiger charge is 2.24. The molecule has 0 radical (unpaired) electrons. The molecule has 1 aliphatic heterocycles. The van der Waals surface area contributed by atoms with Crippen molar-refractivity contribution in [2.75, 3.05) is 32.6 Å². The van der Waals surface area contributed by atoms with E-state index in [4.69, 9.17) is 14.5 Å². The molecule has 0 saturated carbocycles. The Balaban J connectivity index is 1.36. The van der Waals surface area contributed by atoms with Crippen LogP contribution in [0.25, 0.3) is 0 Å². The maximum atomic E-state index is 12.6. The van der Waals surface area contributed by atoms with Crippen molar-refractivity contribution in [1.29, 1.82) is 0 Å². The van der Waals surface area contributed by atoms with Gasteiger partial charge in [-0.15, -0.1) is 0 Å². The van der Waals surface area contributed by atoms with Crippen molar-refractivity contribution >= 4 is 11.6 Å². The number of nitrogens with one attached hydrogen (secondary N) is 1. The number of anilines is 1. The van der Waals surface area contributed by atoms with Crippen LogP contribution < -0.4 is 14.8 Å². The van der Waals surface area contributed by atoms with Crippen LogP contribution in [0.2, 0.25) is 0 Å². The van der Waals surface area contributed by atoms with Crippen LogP contribution >= 0.6 is 0 Å². The lowest BCUT2D eigenvalue weighted by Gasteiger charge is -2.31. The average molecular weight is 447 g/mol. The molecule has 0 aliphatic carbocycles. The van der Waals surface area contributed by atoms with Gasteiger partial charge in [0.1, 0.15) is 17.3 Å². The number of hydrogen-bond acceptors (Lipinski definition) is 6. The van der Waals surface area contributed by atoms with Gasteiger partial charge in [-0.05, 0) is 51.1 Å². The maximum absolute atomic E-state index is 12.6. The minimum Gasteiger partial charge on any atom is -0.497 e. The third-order valence-corrected chi connectivity index (χ3v) is 6.12. The summed E-state index contributed by atoms with van der Waals surface area (Å²) >= 11 is 0. The Kier molecular flexibility index (Phi) is 7.19. The van der Waals surface area contributed by atoms with Crippen LogP contribution in [0.4, 0.5) is 5.69 Å². The van der Waals surface area contributed by atoms with Gasteiger partial charge in [0.15, 0.2) is 0 Å². The number of aryl methyl sites for hydroxylation is 1. The first kappa shape index (κ1) is 22.7. The second-order valence-corrected chi connectivity index (χ2v) is 8.28. The highest BCUT2D eigenvalue weighted by atomic mass is 16.5. The zero-order valence-corrected chi connectivity index (χ0v) is 19.4. The summed E-state index contributed by atoms with van der Waals surface area (Å²) in [6.45, 7) is 4.62. The fourth-order valence-electron chi connectivity index (χ4n) is 4.20. The van der Waals surface area contributed by atoms with Crippen molar-refractivity contribution in [3.63, 3.8) is 0 Å². The third-order valence-electron chi connectivity index (χ3n) is 6.12. The predicted octanol–water partition coefficient (Wildman–Crippen LogP) is 4.43. The Hall–Kier alpha value is -3.45. The van der Waals surface area contributed by atoms with Crippen molar-refractivity contribution in [2.45, 2.75) is 32.2 Å². The van der Waals surface area contributed by atoms with Gasteiger partial charge in [-0.3, -0.25) is 9.69 Å². The minimum absolute atomic E-state index is 0.187. The van der Waals surface area contributed by atoms with Crippen LogP contribution in [-0.2, 0) is 6.54 Å². The first-order valence-corrected chi connectivity index (χ1v) is 11.2. The fourth-order valence-corrected chi connectivity index (χ4v) is 4.20. The molecule has 2 aromatic carbocycles. The highest BCUT2D eigenvalue weighted by Crippen LogP contribution is 2.30. The van der Waals surface area contributed by atoms with E-state index in [-0.39, 0.29) is 5.91 Å². The van der Waals surface area contributed by atoms with Gasteiger partial charge in [0.2, 0.25) is 0 Å². The van der Waals surface area contributed by atoms with Crippen LogP contribution in [-0.4, -0.2) is 48.1 Å². The molecular weight excluding hydrogens is 416 g/mol. The Morgan fingerprint density at radius 2 is 1.85 bits per heavy atom. The molecule has 7 nitrogen and oxygen atoms in total. The number of nitrogens with zero attached hydrogens (tertiary/aromatic N) is 3. The number of benzene rings is 2. The smallest absolute Gasteiger partial charge is 0.259 e. The topological polar surface area (TPSA) is 76.6 Å². The molecular formula is C26H30N4O3. The van der Waals surface area contributed by atoms with E-state index < -0.39 is 0 Å². The van der Waals surface area contributed by atoms with Gasteiger partial charge in [-0.1, -0.05) is 24.3 Å². The van der Waals surface area contributed by atoms with Crippen molar-refractivity contribution in [1.82, 2.24) is 14.9 Å². The quantitative estimate of drug-likeness (QED) is 0.578. The Morgan fingerprint density at radius 1 is 1.09 bits per heavy atom. The predicted molar refractivity (Wildman–Crippen MR) is 128 cm³/mol. The standard InChI is InChI=1S/C26H30N4O3/c1-18-23(26(31)29-21-7-5-4-6-8-21)16-27-25(28-18)19-11-13-30(14-12-19)17-20-9-10-22(32-2)15-24(20)33-3/h4-10,15-16,19H,11-14,17H2,1-3H3,(H,29,31). The summed E-state index contributed by atoms with van der Waals surface area (Å²) in [7, 11) is 3.35. The number of carbonyl (C=O) groups is 1. The zero-order chi connectivity index (χ0) is 23.2. The molecule has 1 aromatic heterocycles. The summed E-state index contributed by atoms with van der Waals surface area (Å²) in [4.78, 5) is 24.3. The highest BCUT2D eigenvalue weighted by molar-refractivity contribution is 6.04. The van der Waals surface area contributed by atoms with E-state index in [1.165, 1.54) is 0 Å². The number of para-hydroxylation sites is 1. The molecule has 0 spiro atoms. The van der Waals surface area contributed by atoms with Gasteiger partial charge in [0.05, 0.1) is 25.5 Å². The number of amides is 1. The lowest BCUT2D eigenvalue weighted by molar-refractivity contribution is 0.102. The average Bonchev–Trinajstić information content (AvgIpc) is 2.85. The van der Waals surface area contributed by atoms with Crippen LogP contribution in [0.5, 0.6) is 11.5 Å². The van der Waals surface area contributed by atoms with E-state index in [0.29, 0.717) is 17.2 Å². The van der Waals surface area contributed by atoms with Gasteiger partial charge in [-0.2, -0.15) is 0 Å². The normalized spacial score (nSPS) is 14.6. The van der Waals surface area contributed by atoms with Gasteiger partial charge < -0.3 is 14.8 Å². The SMILES string of the molecule is COc1ccc(CN2CCC(c3ncc(C(=O)Nc4ccccc4)c(C)n3)CC2)c(OC)c1. The van der Waals surface area contributed by atoms with Crippen LogP contribution in [0, 0.1) is 6.92 Å². The number of carbonyl (C=O) groups excluding carboxylic acids is 1. The molecule has 1 N–H and O–H groups in total. The number of methoxy groups -OCH3 is 2. The van der Waals surface area contributed by atoms with E-state index in [1.54, 1.807) is 20.4 Å². The summed E-state index contributed by atoms with van der Waals surface area (Å²) in [5.41, 5.74) is 3.12. The number of piperidine rings is 1. The van der Waals surface area contributed by atoms with E-state index in [9.17, 15) is 4.79 Å². The first-order chi connectivity index (χ1) is 16.1. The molecule has 0 unspecified atom stereocenters. The molecule has 4 rings (SSSR count). The molecule has 2 heterocycles. The molecule has 0 atom stereocenters. The summed E-state index contributed by atoms with van der Waals surface area (Å²) in [5.74, 6) is 2.57. The lowest BCUT2D eigenvalue weighted by atomic mass is 9.95. The molecule has 172 valence electrons. The number of rotatable bonds is 7. The van der Waals surface area contributed by atoms with Gasteiger partial charge in [0, 0.05) is 36.0 Å². The Morgan fingerprint density at radius 3 is 2.52 bits per heavy atom. The van der Waals surface area contributed by atoms with Gasteiger partial charge in [0.25, 0.3) is 5.91 Å². The molecule has 33 heavy (non-hydrogen) atoms. The molecule has 1 aliphatic rings. The second kappa shape index (κ2) is 10.4. The first-order valence-electron chi connectivity index (χ1n) is 11.2. The largest absolute Gasteiger partial charge is 0.497 e. The summed E-state index contributed by atoms with van der Waals surface area (Å²) in [6, 6.07) is 15.4. The summed E-state index contributed by atoms with van der Waals surface area (Å²) < 4.78 is 10.8. The van der Waals surface area contributed by atoms with Crippen molar-refractivity contribution in [3.8, 4) is 11.5 Å². The summed E-state index contributed by atoms with van der Waals surface area (Å²) in [5, 5.41) is 2.90. The Labute approximate surface area is 194 Å². The molecule has 1 saturated heterocycles. The van der Waals surface area contributed by atoms with E-state index in [1.807, 2.05) is 49.4 Å². The summed E-state index contributed by atoms with van der Waals surface area (Å²) in [6.07, 6.45) is 3.62. The van der Waals surface area contributed by atoms with Gasteiger partial charge >= 0.3 is 0 Å². The number of aromatic nitrogens is 2. The molecule has 3 aromatic rings. The third kappa shape index (κ3) is 5.49. The van der Waals surface area contributed by atoms with E-state index >= 15 is 0 Å². The van der Waals surface area contributed by atoms with Crippen molar-refractivity contribution in [2.24, 2.45) is 0 Å². The number of ether oxygens (including phenoxy) is 2. The van der Waals surface area contributed by atoms with E-state index in [2.05, 4.69) is 21.3 Å². The zero-order valence-electron chi connectivity index (χ0n) is 19.4. The maximum Gasteiger partial charge on any atom is 0.259 e. The second-order valence-electron chi connectivity index (χ2n) is 8.28.